The van der Waals surface area contributed by atoms with Gasteiger partial charge in [-0.25, -0.2) is 9.07 Å². The molecule has 1 amide bonds. The summed E-state index contributed by atoms with van der Waals surface area (Å²) in [6.07, 6.45) is -0.234. The molecule has 0 aliphatic carbocycles. The Morgan fingerprint density at radius 1 is 1.36 bits per heavy atom. The molecular formula is C13H14FN5O3. The van der Waals surface area contributed by atoms with Crippen molar-refractivity contribution in [2.75, 3.05) is 6.54 Å². The number of carbonyl (C=O) groups excluding carboxylic acids is 1. The number of carbonyl (C=O) groups is 2. The van der Waals surface area contributed by atoms with Gasteiger partial charge in [-0.1, -0.05) is 12.1 Å². The van der Waals surface area contributed by atoms with Gasteiger partial charge in [0.2, 0.25) is 5.91 Å². The molecule has 2 aromatic rings. The van der Waals surface area contributed by atoms with Crippen LogP contribution < -0.4 is 5.32 Å². The van der Waals surface area contributed by atoms with Gasteiger partial charge >= 0.3 is 5.97 Å². The van der Waals surface area contributed by atoms with Crippen LogP contribution in [0.2, 0.25) is 0 Å². The Morgan fingerprint density at radius 3 is 2.91 bits per heavy atom. The van der Waals surface area contributed by atoms with Gasteiger partial charge in [-0.2, -0.15) is 0 Å². The third-order valence-corrected chi connectivity index (χ3v) is 2.81. The highest BCUT2D eigenvalue weighted by Crippen LogP contribution is 2.06. The molecule has 2 rings (SSSR count). The molecule has 22 heavy (non-hydrogen) atoms. The standard InChI is InChI=1S/C13H14FN5O3/c14-10-3-1-2-9(6-10)8-19-11(16-17-18-19)7-12(20)15-5-4-13(21)22/h1-3,6H,4-5,7-8H2,(H,15,20)(H,21,22). The maximum Gasteiger partial charge on any atom is 0.305 e. The number of rotatable bonds is 7. The van der Waals surface area contributed by atoms with Gasteiger partial charge in [-0.3, -0.25) is 9.59 Å². The van der Waals surface area contributed by atoms with Crippen LogP contribution in [0.4, 0.5) is 4.39 Å². The molecule has 1 heterocycles. The lowest BCUT2D eigenvalue weighted by Crippen LogP contribution is -2.28. The number of nitrogens with one attached hydrogen (secondary N) is 1. The van der Waals surface area contributed by atoms with E-state index in [1.54, 1.807) is 12.1 Å². The SMILES string of the molecule is O=C(O)CCNC(=O)Cc1nnnn1Cc1cccc(F)c1. The number of carboxylic acid groups (broad SMARTS) is 1. The smallest absolute Gasteiger partial charge is 0.305 e. The fourth-order valence-corrected chi connectivity index (χ4v) is 1.80. The van der Waals surface area contributed by atoms with Crippen molar-refractivity contribution < 1.29 is 19.1 Å². The van der Waals surface area contributed by atoms with Crippen molar-refractivity contribution in [3.8, 4) is 0 Å². The first-order chi connectivity index (χ1) is 10.5. The number of aromatic nitrogens is 4. The molecule has 0 atom stereocenters. The molecule has 0 radical (unpaired) electrons. The molecule has 0 saturated heterocycles. The topological polar surface area (TPSA) is 110 Å². The largest absolute Gasteiger partial charge is 0.481 e. The minimum absolute atomic E-state index is 0.0413. The molecule has 8 nitrogen and oxygen atoms in total. The first kappa shape index (κ1) is 15.5. The van der Waals surface area contributed by atoms with Crippen LogP contribution in [-0.2, 0) is 22.6 Å². The summed E-state index contributed by atoms with van der Waals surface area (Å²) in [6.45, 7) is 0.280. The normalized spacial score (nSPS) is 10.4. The van der Waals surface area contributed by atoms with Gasteiger partial charge in [0, 0.05) is 6.54 Å². The molecule has 0 saturated carbocycles. The van der Waals surface area contributed by atoms with Crippen molar-refractivity contribution in [3.63, 3.8) is 0 Å². The maximum atomic E-state index is 13.1. The second kappa shape index (κ2) is 7.25. The van der Waals surface area contributed by atoms with Crippen molar-refractivity contribution in [1.29, 1.82) is 0 Å². The Labute approximate surface area is 124 Å². The summed E-state index contributed by atoms with van der Waals surface area (Å²) in [6, 6.07) is 5.99. The minimum Gasteiger partial charge on any atom is -0.481 e. The van der Waals surface area contributed by atoms with Crippen LogP contribution in [0.15, 0.2) is 24.3 Å². The Morgan fingerprint density at radius 2 is 2.18 bits per heavy atom. The summed E-state index contributed by atoms with van der Waals surface area (Å²) in [4.78, 5) is 22.0. The van der Waals surface area contributed by atoms with Crippen molar-refractivity contribution in [2.45, 2.75) is 19.4 Å². The van der Waals surface area contributed by atoms with Crippen LogP contribution in [0.3, 0.4) is 0 Å². The summed E-state index contributed by atoms with van der Waals surface area (Å²) in [5, 5.41) is 22.0. The van der Waals surface area contributed by atoms with Crippen LogP contribution in [0.5, 0.6) is 0 Å². The van der Waals surface area contributed by atoms with Crippen molar-refractivity contribution >= 4 is 11.9 Å². The van der Waals surface area contributed by atoms with Gasteiger partial charge in [0.1, 0.15) is 5.82 Å². The Balaban J connectivity index is 1.94. The summed E-state index contributed by atoms with van der Waals surface area (Å²) >= 11 is 0. The summed E-state index contributed by atoms with van der Waals surface area (Å²) in [7, 11) is 0. The second-order valence-electron chi connectivity index (χ2n) is 4.55. The maximum absolute atomic E-state index is 13.1. The van der Waals surface area contributed by atoms with Gasteiger partial charge in [-0.05, 0) is 28.1 Å². The van der Waals surface area contributed by atoms with E-state index in [4.69, 9.17) is 5.11 Å². The highest BCUT2D eigenvalue weighted by molar-refractivity contribution is 5.78. The zero-order valence-corrected chi connectivity index (χ0v) is 11.6. The van der Waals surface area contributed by atoms with Gasteiger partial charge in [0.25, 0.3) is 0 Å². The molecule has 2 N–H and O–H groups in total. The predicted octanol–water partition coefficient (Wildman–Crippen LogP) is -0.00610. The second-order valence-corrected chi connectivity index (χ2v) is 4.55. The van der Waals surface area contributed by atoms with Crippen LogP contribution >= 0.6 is 0 Å². The fourth-order valence-electron chi connectivity index (χ4n) is 1.80. The van der Waals surface area contributed by atoms with Gasteiger partial charge in [-0.15, -0.1) is 5.10 Å². The van der Waals surface area contributed by atoms with Crippen LogP contribution in [0, 0.1) is 5.82 Å². The number of aliphatic carboxylic acids is 1. The number of nitrogens with zero attached hydrogens (tertiary/aromatic N) is 4. The van der Waals surface area contributed by atoms with E-state index in [0.717, 1.165) is 0 Å². The molecule has 1 aromatic heterocycles. The lowest BCUT2D eigenvalue weighted by molar-refractivity contribution is -0.136. The molecule has 0 unspecified atom stereocenters. The van der Waals surface area contributed by atoms with Crippen molar-refractivity contribution in [1.82, 2.24) is 25.5 Å². The fraction of sp³-hybridized carbons (Fsp3) is 0.308. The molecule has 9 heteroatoms. The molecular weight excluding hydrogens is 293 g/mol. The molecule has 116 valence electrons. The van der Waals surface area contributed by atoms with E-state index in [9.17, 15) is 14.0 Å². The molecule has 0 fully saturated rings. The Kier molecular flexibility index (Phi) is 5.12. The van der Waals surface area contributed by atoms with Crippen molar-refractivity contribution in [3.05, 3.63) is 41.5 Å². The average Bonchev–Trinajstić information content (AvgIpc) is 2.85. The van der Waals surface area contributed by atoms with Gasteiger partial charge in [0.05, 0.1) is 19.4 Å². The predicted molar refractivity (Wildman–Crippen MR) is 72.3 cm³/mol. The highest BCUT2D eigenvalue weighted by atomic mass is 19.1. The molecule has 0 aliphatic rings. The number of halogens is 1. The Bertz CT molecular complexity index is 673. The number of carboxylic acids is 1. The number of hydrogen-bond acceptors (Lipinski definition) is 5. The summed E-state index contributed by atoms with van der Waals surface area (Å²) in [5.74, 6) is -1.41. The van der Waals surface area contributed by atoms with Crippen molar-refractivity contribution in [2.24, 2.45) is 0 Å². The zero-order valence-electron chi connectivity index (χ0n) is 11.6. The minimum atomic E-state index is -0.990. The van der Waals surface area contributed by atoms with Crippen LogP contribution in [0.25, 0.3) is 0 Å². The number of amides is 1. The van der Waals surface area contributed by atoms with Gasteiger partial charge < -0.3 is 10.4 Å². The molecule has 0 spiro atoms. The van der Waals surface area contributed by atoms with E-state index < -0.39 is 5.97 Å². The molecule has 0 bridgehead atoms. The van der Waals surface area contributed by atoms with Crippen LogP contribution in [-0.4, -0.2) is 43.7 Å². The lowest BCUT2D eigenvalue weighted by Gasteiger charge is -2.05. The van der Waals surface area contributed by atoms with E-state index in [-0.39, 0.29) is 37.7 Å². The lowest BCUT2D eigenvalue weighted by atomic mass is 10.2. The van der Waals surface area contributed by atoms with E-state index in [0.29, 0.717) is 11.4 Å². The van der Waals surface area contributed by atoms with Crippen LogP contribution in [0.1, 0.15) is 17.8 Å². The number of tetrazole rings is 1. The monoisotopic (exact) mass is 307 g/mol. The number of benzene rings is 1. The first-order valence-electron chi connectivity index (χ1n) is 6.52. The Hall–Kier alpha value is -2.84. The quantitative estimate of drug-likeness (QED) is 0.744. The average molecular weight is 307 g/mol. The third-order valence-electron chi connectivity index (χ3n) is 2.81. The third kappa shape index (κ3) is 4.62. The van der Waals surface area contributed by atoms with E-state index in [1.807, 2.05) is 0 Å². The van der Waals surface area contributed by atoms with E-state index in [1.165, 1.54) is 16.8 Å². The molecule has 0 aliphatic heterocycles. The summed E-state index contributed by atoms with van der Waals surface area (Å²) < 4.78 is 14.5. The highest BCUT2D eigenvalue weighted by Gasteiger charge is 2.12. The van der Waals surface area contributed by atoms with E-state index >= 15 is 0 Å². The molecule has 1 aromatic carbocycles. The van der Waals surface area contributed by atoms with E-state index in [2.05, 4.69) is 20.8 Å². The number of hydrogen-bond donors (Lipinski definition) is 2. The summed E-state index contributed by atoms with van der Waals surface area (Å²) in [5.41, 5.74) is 0.667. The van der Waals surface area contributed by atoms with Gasteiger partial charge in [0.15, 0.2) is 5.82 Å². The zero-order chi connectivity index (χ0) is 15.9. The first-order valence-corrected chi connectivity index (χ1v) is 6.52.